The number of amidine groups is 1. The normalized spacial score (nSPS) is 18.4. The summed E-state index contributed by atoms with van der Waals surface area (Å²) in [6.07, 6.45) is 3.15. The molecule has 1 amide bonds. The number of nitrogens with one attached hydrogen (secondary N) is 1. The zero-order valence-electron chi connectivity index (χ0n) is 10.3. The maximum absolute atomic E-state index is 11.8. The van der Waals surface area contributed by atoms with Crippen molar-refractivity contribution in [3.8, 4) is 0 Å². The van der Waals surface area contributed by atoms with E-state index in [-0.39, 0.29) is 17.8 Å². The number of nitrogens with two attached hydrogens (primary N) is 1. The van der Waals surface area contributed by atoms with Crippen LogP contribution in [0, 0.1) is 0 Å². The third kappa shape index (κ3) is 3.86. The van der Waals surface area contributed by atoms with Crippen molar-refractivity contribution in [1.29, 1.82) is 0 Å². The fourth-order valence-corrected chi connectivity index (χ4v) is 2.44. The Morgan fingerprint density at radius 1 is 1.63 bits per heavy atom. The topological polar surface area (TPSA) is 117 Å². The van der Waals surface area contributed by atoms with Gasteiger partial charge in [-0.15, -0.1) is 5.10 Å². The van der Waals surface area contributed by atoms with E-state index in [2.05, 4.69) is 25.0 Å². The van der Waals surface area contributed by atoms with Crippen molar-refractivity contribution in [3.05, 3.63) is 11.1 Å². The van der Waals surface area contributed by atoms with E-state index in [0.29, 0.717) is 11.4 Å². The molecule has 0 aromatic carbocycles. The van der Waals surface area contributed by atoms with Crippen LogP contribution in [0.1, 0.15) is 22.5 Å². The Balaban J connectivity index is 1.76. The molecule has 0 saturated carbocycles. The Morgan fingerprint density at radius 3 is 2.95 bits per heavy atom. The molecule has 1 aliphatic heterocycles. The number of piperidine rings is 1. The minimum absolute atomic E-state index is 0.120. The molecule has 1 aromatic rings. The van der Waals surface area contributed by atoms with Crippen LogP contribution in [-0.4, -0.2) is 57.1 Å². The van der Waals surface area contributed by atoms with Crippen molar-refractivity contribution >= 4 is 23.3 Å². The lowest BCUT2D eigenvalue weighted by molar-refractivity contribution is 0.0918. The molecule has 0 bridgehead atoms. The maximum atomic E-state index is 11.8. The third-order valence-corrected chi connectivity index (χ3v) is 3.69. The molecular weight excluding hydrogens is 268 g/mol. The minimum Gasteiger partial charge on any atom is -0.409 e. The van der Waals surface area contributed by atoms with Gasteiger partial charge in [-0.2, -0.15) is 0 Å². The molecule has 19 heavy (non-hydrogen) atoms. The van der Waals surface area contributed by atoms with Crippen LogP contribution in [0.25, 0.3) is 0 Å². The van der Waals surface area contributed by atoms with Gasteiger partial charge in [0.2, 0.25) is 0 Å². The number of rotatable bonds is 4. The Kier molecular flexibility index (Phi) is 4.63. The molecule has 1 fully saturated rings. The monoisotopic (exact) mass is 284 g/mol. The van der Waals surface area contributed by atoms with Crippen molar-refractivity contribution in [1.82, 2.24) is 19.8 Å². The number of aromatic nitrogens is 2. The second-order valence-corrected chi connectivity index (χ2v) is 5.18. The molecule has 104 valence electrons. The van der Waals surface area contributed by atoms with Crippen molar-refractivity contribution in [3.63, 3.8) is 0 Å². The molecule has 0 atom stereocenters. The summed E-state index contributed by atoms with van der Waals surface area (Å²) >= 11 is 1.09. The van der Waals surface area contributed by atoms with E-state index in [4.69, 9.17) is 10.9 Å². The Morgan fingerprint density at radius 2 is 2.37 bits per heavy atom. The predicted molar refractivity (Wildman–Crippen MR) is 70.2 cm³/mol. The molecule has 1 saturated heterocycles. The Hall–Kier alpha value is -1.74. The van der Waals surface area contributed by atoms with E-state index >= 15 is 0 Å². The fraction of sp³-hybridized carbons (Fsp3) is 0.600. The molecule has 1 aliphatic rings. The van der Waals surface area contributed by atoms with E-state index in [1.165, 1.54) is 6.20 Å². The van der Waals surface area contributed by atoms with Crippen LogP contribution >= 0.6 is 11.5 Å². The van der Waals surface area contributed by atoms with Crippen molar-refractivity contribution < 1.29 is 10.0 Å². The molecule has 2 heterocycles. The van der Waals surface area contributed by atoms with Crippen LogP contribution in [0.3, 0.4) is 0 Å². The van der Waals surface area contributed by atoms with E-state index in [0.717, 1.165) is 37.5 Å². The number of hydrogen-bond acceptors (Lipinski definition) is 7. The van der Waals surface area contributed by atoms with Crippen LogP contribution in [0.15, 0.2) is 11.4 Å². The van der Waals surface area contributed by atoms with E-state index < -0.39 is 0 Å². The first-order valence-electron chi connectivity index (χ1n) is 5.96. The summed E-state index contributed by atoms with van der Waals surface area (Å²) in [5.74, 6) is 0.0862. The molecule has 2 rings (SSSR count). The Bertz CT molecular complexity index is 441. The van der Waals surface area contributed by atoms with Gasteiger partial charge in [-0.1, -0.05) is 9.64 Å². The number of nitrogens with zero attached hydrogens (tertiary/aromatic N) is 4. The van der Waals surface area contributed by atoms with Crippen molar-refractivity contribution in [2.75, 3.05) is 19.6 Å². The molecule has 1 aromatic heterocycles. The zero-order valence-corrected chi connectivity index (χ0v) is 11.1. The van der Waals surface area contributed by atoms with Crippen molar-refractivity contribution in [2.45, 2.75) is 18.9 Å². The number of likely N-dealkylation sites (tertiary alicyclic amines) is 1. The zero-order chi connectivity index (χ0) is 13.7. The number of hydrogen-bond donors (Lipinski definition) is 3. The van der Waals surface area contributed by atoms with Gasteiger partial charge in [-0.3, -0.25) is 9.69 Å². The summed E-state index contributed by atoms with van der Waals surface area (Å²) < 4.78 is 3.66. The molecule has 4 N–H and O–H groups in total. The van der Waals surface area contributed by atoms with Gasteiger partial charge in [-0.25, -0.2) is 0 Å². The lowest BCUT2D eigenvalue weighted by atomic mass is 10.0. The van der Waals surface area contributed by atoms with Crippen LogP contribution < -0.4 is 11.1 Å². The van der Waals surface area contributed by atoms with Gasteiger partial charge in [-0.05, 0) is 24.4 Å². The fourth-order valence-electron chi connectivity index (χ4n) is 2.02. The van der Waals surface area contributed by atoms with Crippen LogP contribution in [0.2, 0.25) is 0 Å². The molecular formula is C10H16N6O2S. The molecule has 0 radical (unpaired) electrons. The van der Waals surface area contributed by atoms with E-state index in [1.807, 2.05) is 0 Å². The van der Waals surface area contributed by atoms with Gasteiger partial charge in [0.25, 0.3) is 5.91 Å². The lowest BCUT2D eigenvalue weighted by Gasteiger charge is -2.31. The first-order chi connectivity index (χ1) is 9.19. The van der Waals surface area contributed by atoms with Crippen molar-refractivity contribution in [2.24, 2.45) is 10.9 Å². The van der Waals surface area contributed by atoms with Crippen LogP contribution in [-0.2, 0) is 0 Å². The van der Waals surface area contributed by atoms with Gasteiger partial charge in [0.05, 0.1) is 12.7 Å². The summed E-state index contributed by atoms with van der Waals surface area (Å²) in [6, 6.07) is 0.151. The van der Waals surface area contributed by atoms with Gasteiger partial charge in [0.15, 0.2) is 5.84 Å². The molecule has 0 aliphatic carbocycles. The smallest absolute Gasteiger partial charge is 0.264 e. The second-order valence-electron chi connectivity index (χ2n) is 4.40. The van der Waals surface area contributed by atoms with Gasteiger partial charge < -0.3 is 16.3 Å². The third-order valence-electron chi connectivity index (χ3n) is 3.02. The average molecular weight is 284 g/mol. The van der Waals surface area contributed by atoms with E-state index in [9.17, 15) is 4.79 Å². The number of carbonyl (C=O) groups is 1. The number of oxime groups is 1. The van der Waals surface area contributed by atoms with Gasteiger partial charge >= 0.3 is 0 Å². The average Bonchev–Trinajstić information content (AvgIpc) is 2.95. The van der Waals surface area contributed by atoms with Crippen LogP contribution in [0.4, 0.5) is 0 Å². The highest BCUT2D eigenvalue weighted by Crippen LogP contribution is 2.11. The predicted octanol–water partition coefficient (Wildman–Crippen LogP) is -0.521. The summed E-state index contributed by atoms with van der Waals surface area (Å²) in [4.78, 5) is 14.4. The number of carbonyl (C=O) groups excluding carboxylic acids is 1. The summed E-state index contributed by atoms with van der Waals surface area (Å²) in [5.41, 5.74) is 5.46. The van der Waals surface area contributed by atoms with Gasteiger partial charge in [0.1, 0.15) is 4.88 Å². The Labute approximate surface area is 114 Å². The molecule has 0 spiro atoms. The van der Waals surface area contributed by atoms with Gasteiger partial charge in [0, 0.05) is 19.1 Å². The summed E-state index contributed by atoms with van der Waals surface area (Å²) in [5, 5.41) is 18.1. The standard InChI is InChI=1S/C10H16N6O2S/c11-9(14-18)6-16-3-1-7(2-4-16)13-10(17)8-5-12-15-19-8/h5,7,18H,1-4,6H2,(H2,11,14)(H,13,17). The highest BCUT2D eigenvalue weighted by molar-refractivity contribution is 7.07. The quantitative estimate of drug-likeness (QED) is 0.296. The molecule has 8 nitrogen and oxygen atoms in total. The van der Waals surface area contributed by atoms with E-state index in [1.54, 1.807) is 0 Å². The minimum atomic E-state index is -0.120. The summed E-state index contributed by atoms with van der Waals surface area (Å²) in [7, 11) is 0. The first kappa shape index (κ1) is 13.7. The lowest BCUT2D eigenvalue weighted by Crippen LogP contribution is -2.46. The highest BCUT2D eigenvalue weighted by atomic mass is 32.1. The second kappa shape index (κ2) is 6.43. The summed E-state index contributed by atoms with van der Waals surface area (Å²) in [6.45, 7) is 2.07. The largest absolute Gasteiger partial charge is 0.409 e. The highest BCUT2D eigenvalue weighted by Gasteiger charge is 2.22. The number of amides is 1. The first-order valence-corrected chi connectivity index (χ1v) is 6.73. The van der Waals surface area contributed by atoms with Crippen LogP contribution in [0.5, 0.6) is 0 Å². The molecule has 9 heteroatoms. The SMILES string of the molecule is NC(CN1CCC(NC(=O)c2cnns2)CC1)=NO. The molecule has 0 unspecified atom stereocenters. The maximum Gasteiger partial charge on any atom is 0.264 e.